The number of urea groups is 1. The number of carbonyl (C=O) groups excluding carboxylic acids is 3. The van der Waals surface area contributed by atoms with Crippen LogP contribution in [0.15, 0.2) is 86.3 Å². The predicted octanol–water partition coefficient (Wildman–Crippen LogP) is 5.00. The molecule has 0 aliphatic carbocycles. The molecule has 0 radical (unpaired) electrons. The molecular formula is C22H15BrN2O4S. The second-order valence-corrected chi connectivity index (χ2v) is 8.26. The third-order valence-electron chi connectivity index (χ3n) is 4.30. The Hall–Kier alpha value is -3.10. The van der Waals surface area contributed by atoms with Gasteiger partial charge in [0, 0.05) is 10.2 Å². The lowest BCUT2D eigenvalue weighted by atomic mass is 10.1. The number of thioether (sulfide) groups is 1. The van der Waals surface area contributed by atoms with E-state index in [0.717, 1.165) is 20.7 Å². The average molecular weight is 483 g/mol. The molecule has 3 aromatic rings. The van der Waals surface area contributed by atoms with Crippen LogP contribution in [0.5, 0.6) is 0 Å². The lowest BCUT2D eigenvalue weighted by Crippen LogP contribution is -2.54. The summed E-state index contributed by atoms with van der Waals surface area (Å²) in [5.74, 6) is -0.376. The van der Waals surface area contributed by atoms with E-state index < -0.39 is 17.8 Å². The molecule has 4 rings (SSSR count). The molecule has 1 N–H and O–H groups in total. The summed E-state index contributed by atoms with van der Waals surface area (Å²) in [5.41, 5.74) is 1.34. The number of halogens is 1. The SMILES string of the molecule is O=C1NC(=O)N(c2ccc(Br)cc2)C(=O)/C1=C\c1ccc(SCc2ccccc2)o1. The van der Waals surface area contributed by atoms with Gasteiger partial charge in [0.05, 0.1) is 5.69 Å². The molecule has 4 amide bonds. The number of benzene rings is 2. The van der Waals surface area contributed by atoms with E-state index in [1.807, 2.05) is 30.3 Å². The number of furan rings is 1. The normalized spacial score (nSPS) is 15.6. The standard InChI is InChI=1S/C22H15BrN2O4S/c23-15-6-8-16(9-7-15)25-21(27)18(20(26)24-22(25)28)12-17-10-11-19(29-17)30-13-14-4-2-1-3-5-14/h1-12H,13H2,(H,24,26,28)/b18-12-. The van der Waals surface area contributed by atoms with Gasteiger partial charge in [-0.1, -0.05) is 58.0 Å². The van der Waals surface area contributed by atoms with E-state index in [4.69, 9.17) is 4.42 Å². The van der Waals surface area contributed by atoms with Gasteiger partial charge < -0.3 is 4.42 Å². The zero-order valence-electron chi connectivity index (χ0n) is 15.5. The predicted molar refractivity (Wildman–Crippen MR) is 118 cm³/mol. The number of nitrogens with zero attached hydrogens (tertiary/aromatic N) is 1. The minimum atomic E-state index is -0.789. The largest absolute Gasteiger partial charge is 0.450 e. The highest BCUT2D eigenvalue weighted by Gasteiger charge is 2.37. The summed E-state index contributed by atoms with van der Waals surface area (Å²) >= 11 is 4.82. The number of nitrogens with one attached hydrogen (secondary N) is 1. The van der Waals surface area contributed by atoms with Gasteiger partial charge >= 0.3 is 6.03 Å². The number of imide groups is 2. The van der Waals surface area contributed by atoms with E-state index in [0.29, 0.717) is 16.5 Å². The first-order valence-electron chi connectivity index (χ1n) is 8.95. The molecule has 0 unspecified atom stereocenters. The quantitative estimate of drug-likeness (QED) is 0.314. The molecule has 0 atom stereocenters. The van der Waals surface area contributed by atoms with Crippen molar-refractivity contribution in [1.82, 2.24) is 5.32 Å². The summed E-state index contributed by atoms with van der Waals surface area (Å²) in [6.45, 7) is 0. The van der Waals surface area contributed by atoms with Crippen molar-refractivity contribution >= 4 is 57.3 Å². The second-order valence-electron chi connectivity index (χ2n) is 6.37. The summed E-state index contributed by atoms with van der Waals surface area (Å²) in [7, 11) is 0. The van der Waals surface area contributed by atoms with Crippen molar-refractivity contribution in [1.29, 1.82) is 0 Å². The monoisotopic (exact) mass is 482 g/mol. The molecule has 2 aromatic carbocycles. The highest BCUT2D eigenvalue weighted by atomic mass is 79.9. The zero-order valence-corrected chi connectivity index (χ0v) is 17.9. The van der Waals surface area contributed by atoms with Gasteiger partial charge in [0.15, 0.2) is 5.09 Å². The van der Waals surface area contributed by atoms with E-state index in [2.05, 4.69) is 21.2 Å². The van der Waals surface area contributed by atoms with Crippen molar-refractivity contribution in [3.63, 3.8) is 0 Å². The number of hydrogen-bond donors (Lipinski definition) is 1. The van der Waals surface area contributed by atoms with Crippen molar-refractivity contribution in [2.75, 3.05) is 4.90 Å². The van der Waals surface area contributed by atoms with E-state index in [1.165, 1.54) is 17.8 Å². The zero-order chi connectivity index (χ0) is 21.1. The highest BCUT2D eigenvalue weighted by Crippen LogP contribution is 2.27. The first-order valence-corrected chi connectivity index (χ1v) is 10.7. The van der Waals surface area contributed by atoms with Crippen LogP contribution in [0, 0.1) is 0 Å². The van der Waals surface area contributed by atoms with Crippen LogP contribution in [-0.2, 0) is 15.3 Å². The number of amides is 4. The molecule has 30 heavy (non-hydrogen) atoms. The minimum Gasteiger partial charge on any atom is -0.450 e. The lowest BCUT2D eigenvalue weighted by Gasteiger charge is -2.26. The maximum absolute atomic E-state index is 12.9. The molecular weight excluding hydrogens is 468 g/mol. The fourth-order valence-electron chi connectivity index (χ4n) is 2.84. The molecule has 1 saturated heterocycles. The van der Waals surface area contributed by atoms with Crippen LogP contribution in [0.3, 0.4) is 0 Å². The first kappa shape index (κ1) is 20.2. The highest BCUT2D eigenvalue weighted by molar-refractivity contribution is 9.10. The van der Waals surface area contributed by atoms with Gasteiger partial charge in [-0.25, -0.2) is 9.69 Å². The number of carbonyl (C=O) groups is 3. The van der Waals surface area contributed by atoms with Crippen LogP contribution in [0.2, 0.25) is 0 Å². The molecule has 6 nitrogen and oxygen atoms in total. The molecule has 1 fully saturated rings. The molecule has 0 spiro atoms. The van der Waals surface area contributed by atoms with Gasteiger partial charge in [0.1, 0.15) is 11.3 Å². The molecule has 0 saturated carbocycles. The van der Waals surface area contributed by atoms with Crippen molar-refractivity contribution in [2.45, 2.75) is 10.8 Å². The Morgan fingerprint density at radius 2 is 1.70 bits per heavy atom. The van der Waals surface area contributed by atoms with Gasteiger partial charge in [0.2, 0.25) is 0 Å². The Morgan fingerprint density at radius 3 is 2.43 bits per heavy atom. The molecule has 1 aromatic heterocycles. The molecule has 0 bridgehead atoms. The summed E-state index contributed by atoms with van der Waals surface area (Å²) in [4.78, 5) is 38.3. The van der Waals surface area contributed by atoms with E-state index in [9.17, 15) is 14.4 Å². The Kier molecular flexibility index (Phi) is 5.87. The van der Waals surface area contributed by atoms with Gasteiger partial charge in [-0.3, -0.25) is 14.9 Å². The number of barbiturate groups is 1. The molecule has 1 aliphatic rings. The summed E-state index contributed by atoms with van der Waals surface area (Å²) in [6.07, 6.45) is 1.35. The van der Waals surface area contributed by atoms with Crippen LogP contribution < -0.4 is 10.2 Å². The van der Waals surface area contributed by atoms with E-state index >= 15 is 0 Å². The molecule has 150 valence electrons. The van der Waals surface area contributed by atoms with Crippen LogP contribution in [0.25, 0.3) is 6.08 Å². The Bertz CT molecular complexity index is 1140. The van der Waals surface area contributed by atoms with Crippen molar-refractivity contribution in [2.24, 2.45) is 0 Å². The minimum absolute atomic E-state index is 0.175. The van der Waals surface area contributed by atoms with Gasteiger partial charge in [-0.15, -0.1) is 0 Å². The Balaban J connectivity index is 1.54. The average Bonchev–Trinajstić information content (AvgIpc) is 3.19. The van der Waals surface area contributed by atoms with Crippen LogP contribution in [-0.4, -0.2) is 17.8 Å². The third kappa shape index (κ3) is 4.39. The van der Waals surface area contributed by atoms with Crippen LogP contribution in [0.4, 0.5) is 10.5 Å². The third-order valence-corrected chi connectivity index (χ3v) is 5.81. The number of hydrogen-bond acceptors (Lipinski definition) is 5. The fraction of sp³-hybridized carbons (Fsp3) is 0.0455. The molecule has 2 heterocycles. The van der Waals surface area contributed by atoms with Crippen LogP contribution >= 0.6 is 27.7 Å². The van der Waals surface area contributed by atoms with Gasteiger partial charge in [0.25, 0.3) is 11.8 Å². The van der Waals surface area contributed by atoms with E-state index in [-0.39, 0.29) is 5.57 Å². The van der Waals surface area contributed by atoms with Crippen LogP contribution in [0.1, 0.15) is 11.3 Å². The first-order chi connectivity index (χ1) is 14.5. The maximum atomic E-state index is 12.9. The van der Waals surface area contributed by atoms with Crippen molar-refractivity contribution in [3.8, 4) is 0 Å². The fourth-order valence-corrected chi connectivity index (χ4v) is 3.93. The lowest BCUT2D eigenvalue weighted by molar-refractivity contribution is -0.122. The number of rotatable bonds is 5. The maximum Gasteiger partial charge on any atom is 0.335 e. The molecule has 8 heteroatoms. The second kappa shape index (κ2) is 8.73. The smallest absolute Gasteiger partial charge is 0.335 e. The molecule has 1 aliphatic heterocycles. The number of anilines is 1. The topological polar surface area (TPSA) is 79.6 Å². The van der Waals surface area contributed by atoms with E-state index in [1.54, 1.807) is 36.4 Å². The summed E-state index contributed by atoms with van der Waals surface area (Å²) < 4.78 is 6.54. The van der Waals surface area contributed by atoms with Crippen molar-refractivity contribution in [3.05, 3.63) is 88.1 Å². The van der Waals surface area contributed by atoms with Gasteiger partial charge in [-0.05, 0) is 48.0 Å². The Labute approximate surface area is 185 Å². The summed E-state index contributed by atoms with van der Waals surface area (Å²) in [6, 6.07) is 19.3. The van der Waals surface area contributed by atoms with Crippen molar-refractivity contribution < 1.29 is 18.8 Å². The van der Waals surface area contributed by atoms with Gasteiger partial charge in [-0.2, -0.15) is 0 Å². The Morgan fingerprint density at radius 1 is 0.967 bits per heavy atom. The summed E-state index contributed by atoms with van der Waals surface area (Å²) in [5, 5.41) is 2.86.